The predicted molar refractivity (Wildman–Crippen MR) is 112 cm³/mol. The first-order valence-electron chi connectivity index (χ1n) is 10.6. The van der Waals surface area contributed by atoms with Gasteiger partial charge in [-0.05, 0) is 32.8 Å². The van der Waals surface area contributed by atoms with Crippen molar-refractivity contribution in [3.8, 4) is 5.69 Å². The van der Waals surface area contributed by atoms with E-state index in [1.807, 2.05) is 20.8 Å². The highest BCUT2D eigenvalue weighted by Gasteiger charge is 2.24. The molecule has 2 unspecified atom stereocenters. The summed E-state index contributed by atoms with van der Waals surface area (Å²) < 4.78 is 42.5. The molecule has 0 saturated carbocycles. The van der Waals surface area contributed by atoms with Gasteiger partial charge in [-0.3, -0.25) is 9.36 Å². The molecule has 0 radical (unpaired) electrons. The Morgan fingerprint density at radius 2 is 1.77 bits per heavy atom. The highest BCUT2D eigenvalue weighted by molar-refractivity contribution is 5.96. The third kappa shape index (κ3) is 5.65. The summed E-state index contributed by atoms with van der Waals surface area (Å²) in [6, 6.07) is 1.68. The van der Waals surface area contributed by atoms with Gasteiger partial charge in [-0.2, -0.15) is 4.68 Å². The topological polar surface area (TPSA) is 75.3 Å². The third-order valence-corrected chi connectivity index (χ3v) is 5.37. The summed E-state index contributed by atoms with van der Waals surface area (Å²) in [6.45, 7) is 9.57. The van der Waals surface area contributed by atoms with E-state index in [0.717, 1.165) is 29.7 Å². The number of hydrogen-bond acceptors (Lipinski definition) is 5. The molecule has 2 rings (SSSR count). The summed E-state index contributed by atoms with van der Waals surface area (Å²) in [5, 5.41) is 4.14. The number of benzene rings is 1. The number of ketones is 1. The van der Waals surface area contributed by atoms with Crippen LogP contribution in [0.2, 0.25) is 0 Å². The summed E-state index contributed by atoms with van der Waals surface area (Å²) >= 11 is 0. The second-order valence-electron chi connectivity index (χ2n) is 7.51. The Kier molecular flexibility index (Phi) is 8.64. The molecule has 0 aliphatic rings. The van der Waals surface area contributed by atoms with Gasteiger partial charge in [-0.25, -0.2) is 13.6 Å². The second kappa shape index (κ2) is 10.8. The molecule has 0 bridgehead atoms. The quantitative estimate of drug-likeness (QED) is 0.385. The Balaban J connectivity index is 2.38. The molecule has 31 heavy (non-hydrogen) atoms. The Morgan fingerprint density at radius 3 is 2.35 bits per heavy atom. The maximum atomic E-state index is 14.8. The second-order valence-corrected chi connectivity index (χ2v) is 7.51. The summed E-state index contributed by atoms with van der Waals surface area (Å²) in [5.74, 6) is -1.92. The van der Waals surface area contributed by atoms with Crippen LogP contribution in [0.1, 0.15) is 76.2 Å². The molecular weight excluding hydrogens is 408 g/mol. The van der Waals surface area contributed by atoms with Gasteiger partial charge in [-0.15, -0.1) is 5.10 Å². The van der Waals surface area contributed by atoms with E-state index in [-0.39, 0.29) is 29.4 Å². The number of carbonyl (C=O) groups excluding carboxylic acids is 1. The van der Waals surface area contributed by atoms with E-state index < -0.39 is 35.5 Å². The van der Waals surface area contributed by atoms with Gasteiger partial charge in [0.25, 0.3) is 0 Å². The number of hydrogen-bond donors (Lipinski definition) is 0. The highest BCUT2D eigenvalue weighted by atomic mass is 19.1. The van der Waals surface area contributed by atoms with E-state index in [4.69, 9.17) is 9.47 Å². The minimum absolute atomic E-state index is 0.108. The number of ether oxygens (including phenoxy) is 2. The molecule has 0 aliphatic heterocycles. The molecule has 0 amide bonds. The van der Waals surface area contributed by atoms with Crippen LogP contribution in [0, 0.1) is 17.6 Å². The van der Waals surface area contributed by atoms with Crippen molar-refractivity contribution in [1.82, 2.24) is 14.3 Å². The molecule has 0 N–H and O–H groups in total. The Labute approximate surface area is 181 Å². The third-order valence-electron chi connectivity index (χ3n) is 5.37. The molecule has 1 aromatic heterocycles. The lowest BCUT2D eigenvalue weighted by molar-refractivity contribution is -0.156. The van der Waals surface area contributed by atoms with Crippen LogP contribution in [0.15, 0.2) is 16.9 Å². The summed E-state index contributed by atoms with van der Waals surface area (Å²) in [5.41, 5.74) is -1.35. The van der Waals surface area contributed by atoms with Crippen molar-refractivity contribution in [3.63, 3.8) is 0 Å². The minimum Gasteiger partial charge on any atom is -0.353 e. The summed E-state index contributed by atoms with van der Waals surface area (Å²) in [6.07, 6.45) is 0.532. The summed E-state index contributed by atoms with van der Waals surface area (Å²) in [7, 11) is 1.47. The smallest absolute Gasteiger partial charge is 0.350 e. The van der Waals surface area contributed by atoms with Crippen LogP contribution < -0.4 is 5.69 Å². The number of rotatable bonds is 11. The largest absolute Gasteiger partial charge is 0.353 e. The van der Waals surface area contributed by atoms with Crippen molar-refractivity contribution in [2.24, 2.45) is 13.0 Å². The fraction of sp³-hybridized carbons (Fsp3) is 0.591. The molecule has 9 heteroatoms. The van der Waals surface area contributed by atoms with Crippen LogP contribution in [0.25, 0.3) is 5.69 Å². The van der Waals surface area contributed by atoms with E-state index in [9.17, 15) is 18.4 Å². The zero-order valence-corrected chi connectivity index (χ0v) is 18.9. The number of carbonyl (C=O) groups is 1. The number of halogens is 2. The fourth-order valence-electron chi connectivity index (χ4n) is 3.45. The average Bonchev–Trinajstić information content (AvgIpc) is 3.02. The molecule has 0 fully saturated rings. The molecule has 1 heterocycles. The SMILES string of the molecule is CCOC(C)OC(C)c1nn(-c2cc(F)c(C(=O)CC(CC)CC)cc2F)c(=O)n1C. The molecule has 0 saturated heterocycles. The summed E-state index contributed by atoms with van der Waals surface area (Å²) in [4.78, 5) is 25.1. The number of aromatic nitrogens is 3. The van der Waals surface area contributed by atoms with Gasteiger partial charge in [-0.1, -0.05) is 26.7 Å². The van der Waals surface area contributed by atoms with Crippen LogP contribution in [0.3, 0.4) is 0 Å². The van der Waals surface area contributed by atoms with Gasteiger partial charge >= 0.3 is 5.69 Å². The highest BCUT2D eigenvalue weighted by Crippen LogP contribution is 2.23. The van der Waals surface area contributed by atoms with Crippen LogP contribution in [-0.2, 0) is 16.5 Å². The molecule has 2 aromatic rings. The zero-order chi connectivity index (χ0) is 23.3. The molecule has 2 atom stereocenters. The van der Waals surface area contributed by atoms with Gasteiger partial charge in [0.05, 0.1) is 5.56 Å². The first-order chi connectivity index (χ1) is 14.6. The lowest BCUT2D eigenvalue weighted by Crippen LogP contribution is -2.24. The van der Waals surface area contributed by atoms with E-state index in [1.54, 1.807) is 13.8 Å². The normalized spacial score (nSPS) is 13.6. The molecular formula is C22H31F2N3O4. The van der Waals surface area contributed by atoms with Gasteiger partial charge in [0.2, 0.25) is 0 Å². The fourth-order valence-corrected chi connectivity index (χ4v) is 3.45. The van der Waals surface area contributed by atoms with Gasteiger partial charge in [0.15, 0.2) is 17.9 Å². The lowest BCUT2D eigenvalue weighted by atomic mass is 9.93. The minimum atomic E-state index is -0.905. The van der Waals surface area contributed by atoms with Crippen molar-refractivity contribution in [1.29, 1.82) is 0 Å². The Bertz CT molecular complexity index is 966. The van der Waals surface area contributed by atoms with E-state index in [0.29, 0.717) is 6.61 Å². The van der Waals surface area contributed by atoms with E-state index in [2.05, 4.69) is 5.10 Å². The van der Waals surface area contributed by atoms with Crippen molar-refractivity contribution in [2.75, 3.05) is 6.61 Å². The zero-order valence-electron chi connectivity index (χ0n) is 18.9. The van der Waals surface area contributed by atoms with Crippen molar-refractivity contribution in [2.45, 2.75) is 66.3 Å². The van der Waals surface area contributed by atoms with Crippen molar-refractivity contribution in [3.05, 3.63) is 45.6 Å². The predicted octanol–water partition coefficient (Wildman–Crippen LogP) is 4.32. The molecule has 0 spiro atoms. The van der Waals surface area contributed by atoms with Crippen LogP contribution in [-0.4, -0.2) is 33.0 Å². The van der Waals surface area contributed by atoms with E-state index in [1.165, 1.54) is 11.6 Å². The van der Waals surface area contributed by atoms with Crippen LogP contribution >= 0.6 is 0 Å². The standard InChI is InChI=1S/C22H31F2N3O4/c1-7-15(8-2)10-20(28)16-11-18(24)19(12-17(16)23)27-22(29)26(6)21(25-27)13(4)31-14(5)30-9-3/h11-15H,7-10H2,1-6H3. The molecule has 1 aromatic carbocycles. The van der Waals surface area contributed by atoms with Gasteiger partial charge < -0.3 is 9.47 Å². The monoisotopic (exact) mass is 439 g/mol. The maximum Gasteiger partial charge on any atom is 0.350 e. The van der Waals surface area contributed by atoms with Gasteiger partial charge in [0, 0.05) is 26.1 Å². The number of nitrogens with zero attached hydrogens (tertiary/aromatic N) is 3. The lowest BCUT2D eigenvalue weighted by Gasteiger charge is -2.17. The Hall–Kier alpha value is -2.39. The van der Waals surface area contributed by atoms with E-state index >= 15 is 0 Å². The molecule has 0 aliphatic carbocycles. The maximum absolute atomic E-state index is 14.8. The molecule has 7 nitrogen and oxygen atoms in total. The van der Waals surface area contributed by atoms with Crippen molar-refractivity contribution >= 4 is 5.78 Å². The number of Topliss-reactive ketones (excluding diaryl/α,β-unsaturated/α-hetero) is 1. The van der Waals surface area contributed by atoms with Crippen LogP contribution in [0.4, 0.5) is 8.78 Å². The molecule has 172 valence electrons. The Morgan fingerprint density at radius 1 is 1.13 bits per heavy atom. The van der Waals surface area contributed by atoms with Gasteiger partial charge in [0.1, 0.15) is 23.4 Å². The average molecular weight is 440 g/mol. The van der Waals surface area contributed by atoms with Crippen molar-refractivity contribution < 1.29 is 23.0 Å². The van der Waals surface area contributed by atoms with Crippen LogP contribution in [0.5, 0.6) is 0 Å². The first kappa shape index (κ1) is 24.9. The first-order valence-corrected chi connectivity index (χ1v) is 10.6.